The number of amides is 2. The third-order valence-corrected chi connectivity index (χ3v) is 4.50. The van der Waals surface area contributed by atoms with E-state index >= 15 is 0 Å². The van der Waals surface area contributed by atoms with E-state index in [0.717, 1.165) is 37.8 Å². The van der Waals surface area contributed by atoms with Crippen LogP contribution in [0.25, 0.3) is 0 Å². The smallest absolute Gasteiger partial charge is 0.243 e. The summed E-state index contributed by atoms with van der Waals surface area (Å²) in [5.74, 6) is 0.0425. The minimum absolute atomic E-state index is 0.0746. The zero-order valence-electron chi connectivity index (χ0n) is 15.0. The maximum Gasteiger partial charge on any atom is 0.243 e. The van der Waals surface area contributed by atoms with E-state index in [2.05, 4.69) is 27.7 Å². The molecule has 1 aliphatic carbocycles. The van der Waals surface area contributed by atoms with Gasteiger partial charge in [-0.05, 0) is 44.0 Å². The van der Waals surface area contributed by atoms with Crippen LogP contribution in [0.2, 0.25) is 0 Å². The van der Waals surface area contributed by atoms with E-state index < -0.39 is 6.04 Å². The van der Waals surface area contributed by atoms with Crippen LogP contribution in [0.15, 0.2) is 24.3 Å². The van der Waals surface area contributed by atoms with Gasteiger partial charge in [0.05, 0.1) is 0 Å². The summed E-state index contributed by atoms with van der Waals surface area (Å²) in [6.07, 6.45) is 4.30. The van der Waals surface area contributed by atoms with E-state index in [4.69, 9.17) is 0 Å². The van der Waals surface area contributed by atoms with Crippen LogP contribution in [-0.2, 0) is 22.7 Å². The van der Waals surface area contributed by atoms with E-state index in [-0.39, 0.29) is 17.7 Å². The predicted octanol–water partition coefficient (Wildman–Crippen LogP) is 2.06. The number of hydrogen-bond donors (Lipinski definition) is 2. The number of carbonyl (C=O) groups is 2. The summed E-state index contributed by atoms with van der Waals surface area (Å²) in [5.41, 5.74) is 2.32. The highest BCUT2D eigenvalue weighted by Crippen LogP contribution is 2.28. The molecule has 2 N–H and O–H groups in total. The minimum Gasteiger partial charge on any atom is -0.350 e. The number of carbonyl (C=O) groups excluding carboxylic acids is 2. The SMILES string of the molecule is CC(=O)N[C@H](C(=O)NCc1ccc(CN(C)C)cc1)C1CCCC1. The zero-order chi connectivity index (χ0) is 17.5. The van der Waals surface area contributed by atoms with Crippen LogP contribution in [-0.4, -0.2) is 36.9 Å². The minimum atomic E-state index is -0.405. The Bertz CT molecular complexity index is 548. The van der Waals surface area contributed by atoms with Crippen LogP contribution < -0.4 is 10.6 Å². The second-order valence-electron chi connectivity index (χ2n) is 6.99. The molecule has 1 fully saturated rings. The van der Waals surface area contributed by atoms with Gasteiger partial charge in [-0.15, -0.1) is 0 Å². The Morgan fingerprint density at radius 1 is 1.12 bits per heavy atom. The van der Waals surface area contributed by atoms with Crippen molar-refractivity contribution in [2.45, 2.75) is 51.7 Å². The summed E-state index contributed by atoms with van der Waals surface area (Å²) >= 11 is 0. The van der Waals surface area contributed by atoms with Crippen molar-refractivity contribution in [2.24, 2.45) is 5.92 Å². The molecule has 132 valence electrons. The number of nitrogens with one attached hydrogen (secondary N) is 2. The summed E-state index contributed by atoms with van der Waals surface area (Å²) in [4.78, 5) is 26.1. The first-order chi connectivity index (χ1) is 11.5. The molecule has 0 unspecified atom stereocenters. The zero-order valence-corrected chi connectivity index (χ0v) is 15.0. The highest BCUT2D eigenvalue weighted by atomic mass is 16.2. The van der Waals surface area contributed by atoms with Gasteiger partial charge >= 0.3 is 0 Å². The van der Waals surface area contributed by atoms with Crippen molar-refractivity contribution in [2.75, 3.05) is 14.1 Å². The van der Waals surface area contributed by atoms with Crippen molar-refractivity contribution in [3.63, 3.8) is 0 Å². The Kier molecular flexibility index (Phi) is 6.79. The van der Waals surface area contributed by atoms with Crippen LogP contribution in [0, 0.1) is 5.92 Å². The van der Waals surface area contributed by atoms with Gasteiger partial charge in [-0.25, -0.2) is 0 Å². The fourth-order valence-electron chi connectivity index (χ4n) is 3.33. The van der Waals surface area contributed by atoms with Gasteiger partial charge in [0.25, 0.3) is 0 Å². The molecule has 2 amide bonds. The lowest BCUT2D eigenvalue weighted by atomic mass is 9.97. The summed E-state index contributed by atoms with van der Waals surface area (Å²) in [6, 6.07) is 7.86. The van der Waals surface area contributed by atoms with Gasteiger partial charge in [-0.1, -0.05) is 37.1 Å². The van der Waals surface area contributed by atoms with Crippen molar-refractivity contribution >= 4 is 11.8 Å². The summed E-state index contributed by atoms with van der Waals surface area (Å²) in [6.45, 7) is 2.86. The Hall–Kier alpha value is -1.88. The van der Waals surface area contributed by atoms with Gasteiger partial charge in [0.2, 0.25) is 11.8 Å². The molecule has 24 heavy (non-hydrogen) atoms. The molecule has 0 radical (unpaired) electrons. The van der Waals surface area contributed by atoms with E-state index in [9.17, 15) is 9.59 Å². The second kappa shape index (κ2) is 8.83. The fraction of sp³-hybridized carbons (Fsp3) is 0.579. The highest BCUT2D eigenvalue weighted by molar-refractivity contribution is 5.87. The molecule has 1 aliphatic rings. The van der Waals surface area contributed by atoms with Gasteiger partial charge in [0.15, 0.2) is 0 Å². The molecule has 2 rings (SSSR count). The van der Waals surface area contributed by atoms with Gasteiger partial charge < -0.3 is 15.5 Å². The molecule has 1 saturated carbocycles. The van der Waals surface area contributed by atoms with Crippen molar-refractivity contribution in [3.8, 4) is 0 Å². The van der Waals surface area contributed by atoms with Crippen LogP contribution in [0.4, 0.5) is 0 Å². The number of rotatable bonds is 7. The average molecular weight is 331 g/mol. The molecular weight excluding hydrogens is 302 g/mol. The quantitative estimate of drug-likeness (QED) is 0.804. The fourth-order valence-corrected chi connectivity index (χ4v) is 3.33. The molecule has 1 aromatic rings. The van der Waals surface area contributed by atoms with Gasteiger partial charge in [-0.3, -0.25) is 9.59 Å². The first kappa shape index (κ1) is 18.5. The Labute approximate surface area is 144 Å². The van der Waals surface area contributed by atoms with Crippen molar-refractivity contribution in [1.29, 1.82) is 0 Å². The third-order valence-electron chi connectivity index (χ3n) is 4.50. The standard InChI is InChI=1S/C19H29N3O2/c1-14(23)21-18(17-6-4-5-7-17)19(24)20-12-15-8-10-16(11-9-15)13-22(2)3/h8-11,17-18H,4-7,12-13H2,1-3H3,(H,20,24)(H,21,23)/t18-/m0/s1. The average Bonchev–Trinajstić information content (AvgIpc) is 3.05. The molecule has 5 heteroatoms. The predicted molar refractivity (Wildman–Crippen MR) is 95.2 cm³/mol. The Morgan fingerprint density at radius 2 is 1.71 bits per heavy atom. The first-order valence-corrected chi connectivity index (χ1v) is 8.73. The number of nitrogens with zero attached hydrogens (tertiary/aromatic N) is 1. The molecule has 1 atom stereocenters. The van der Waals surface area contributed by atoms with E-state index in [0.29, 0.717) is 6.54 Å². The van der Waals surface area contributed by atoms with Gasteiger partial charge in [0.1, 0.15) is 6.04 Å². The first-order valence-electron chi connectivity index (χ1n) is 8.73. The lowest BCUT2D eigenvalue weighted by Gasteiger charge is -2.23. The second-order valence-corrected chi connectivity index (χ2v) is 6.99. The molecule has 0 saturated heterocycles. The Morgan fingerprint density at radius 3 is 2.25 bits per heavy atom. The maximum absolute atomic E-state index is 12.5. The van der Waals surface area contributed by atoms with E-state index in [1.165, 1.54) is 12.5 Å². The molecule has 0 bridgehead atoms. The highest BCUT2D eigenvalue weighted by Gasteiger charge is 2.31. The molecular formula is C19H29N3O2. The van der Waals surface area contributed by atoms with Crippen molar-refractivity contribution in [1.82, 2.24) is 15.5 Å². The van der Waals surface area contributed by atoms with E-state index in [1.807, 2.05) is 26.2 Å². The third kappa shape index (κ3) is 5.64. The van der Waals surface area contributed by atoms with Gasteiger partial charge in [0, 0.05) is 20.0 Å². The molecule has 0 heterocycles. The van der Waals surface area contributed by atoms with Gasteiger partial charge in [-0.2, -0.15) is 0 Å². The lowest BCUT2D eigenvalue weighted by molar-refractivity contribution is -0.129. The maximum atomic E-state index is 12.5. The molecule has 5 nitrogen and oxygen atoms in total. The largest absolute Gasteiger partial charge is 0.350 e. The summed E-state index contributed by atoms with van der Waals surface area (Å²) in [7, 11) is 4.08. The van der Waals surface area contributed by atoms with Crippen LogP contribution in [0.3, 0.4) is 0 Å². The van der Waals surface area contributed by atoms with Crippen molar-refractivity contribution < 1.29 is 9.59 Å². The number of benzene rings is 1. The van der Waals surface area contributed by atoms with Crippen LogP contribution >= 0.6 is 0 Å². The lowest BCUT2D eigenvalue weighted by Crippen LogP contribution is -2.49. The normalized spacial score (nSPS) is 16.2. The Balaban J connectivity index is 1.90. The van der Waals surface area contributed by atoms with E-state index in [1.54, 1.807) is 0 Å². The molecule has 1 aromatic carbocycles. The van der Waals surface area contributed by atoms with Crippen LogP contribution in [0.1, 0.15) is 43.7 Å². The molecule has 0 aromatic heterocycles. The molecule has 0 aliphatic heterocycles. The number of hydrogen-bond acceptors (Lipinski definition) is 3. The summed E-state index contributed by atoms with van der Waals surface area (Å²) in [5, 5.41) is 5.81. The summed E-state index contributed by atoms with van der Waals surface area (Å²) < 4.78 is 0. The topological polar surface area (TPSA) is 61.4 Å². The molecule has 0 spiro atoms. The monoisotopic (exact) mass is 331 g/mol. The van der Waals surface area contributed by atoms with Crippen molar-refractivity contribution in [3.05, 3.63) is 35.4 Å². The van der Waals surface area contributed by atoms with Crippen LogP contribution in [0.5, 0.6) is 0 Å².